The maximum absolute atomic E-state index is 12.6. The summed E-state index contributed by atoms with van der Waals surface area (Å²) in [5.74, 6) is 1.05. The first kappa shape index (κ1) is 16.9. The number of hydrogen-bond acceptors (Lipinski definition) is 5. The van der Waals surface area contributed by atoms with E-state index in [0.29, 0.717) is 34.9 Å². The van der Waals surface area contributed by atoms with Gasteiger partial charge in [-0.05, 0) is 12.1 Å². The monoisotopic (exact) mass is 336 g/mol. The van der Waals surface area contributed by atoms with Crippen molar-refractivity contribution in [1.29, 1.82) is 0 Å². The number of carbonyl (C=O) groups excluding carboxylic acids is 1. The van der Waals surface area contributed by atoms with Crippen molar-refractivity contribution in [2.45, 2.75) is 43.9 Å². The summed E-state index contributed by atoms with van der Waals surface area (Å²) in [5.41, 5.74) is 0.420. The van der Waals surface area contributed by atoms with E-state index in [0.717, 1.165) is 12.8 Å². The second-order valence-electron chi connectivity index (χ2n) is 6.63. The average molecular weight is 336 g/mol. The van der Waals surface area contributed by atoms with Gasteiger partial charge in [0, 0.05) is 25.7 Å². The Hall–Kier alpha value is -1.95. The maximum Gasteiger partial charge on any atom is 0.338 e. The number of fused-ring (bicyclic) bond motifs is 2. The van der Waals surface area contributed by atoms with Gasteiger partial charge >= 0.3 is 5.97 Å². The number of esters is 1. The SMILES string of the molecule is COc1cc(C(=O)OC2CC3CCC(C2)[NH+]3C)cc(OC)c1OC. The Morgan fingerprint density at radius 3 is 2.00 bits per heavy atom. The first-order valence-corrected chi connectivity index (χ1v) is 8.41. The summed E-state index contributed by atoms with van der Waals surface area (Å²) in [6.45, 7) is 0. The highest BCUT2D eigenvalue weighted by molar-refractivity contribution is 5.91. The molecule has 2 heterocycles. The maximum atomic E-state index is 12.6. The number of quaternary nitrogens is 1. The lowest BCUT2D eigenvalue weighted by Crippen LogP contribution is -3.15. The van der Waals surface area contributed by atoms with Gasteiger partial charge in [0.15, 0.2) is 11.5 Å². The summed E-state index contributed by atoms with van der Waals surface area (Å²) >= 11 is 0. The minimum atomic E-state index is -0.335. The molecular formula is C18H26NO5+. The van der Waals surface area contributed by atoms with E-state index >= 15 is 0 Å². The molecule has 0 amide bonds. The van der Waals surface area contributed by atoms with E-state index < -0.39 is 0 Å². The van der Waals surface area contributed by atoms with E-state index in [1.165, 1.54) is 34.2 Å². The number of hydrogen-bond donors (Lipinski definition) is 1. The fourth-order valence-corrected chi connectivity index (χ4v) is 4.04. The Bertz CT molecular complexity index is 578. The third kappa shape index (κ3) is 3.02. The van der Waals surface area contributed by atoms with Crippen molar-refractivity contribution in [1.82, 2.24) is 0 Å². The predicted octanol–water partition coefficient (Wildman–Crippen LogP) is 1.08. The van der Waals surface area contributed by atoms with E-state index in [2.05, 4.69) is 7.05 Å². The van der Waals surface area contributed by atoms with Gasteiger partial charge in [-0.1, -0.05) is 0 Å². The van der Waals surface area contributed by atoms with Crippen LogP contribution in [0.4, 0.5) is 0 Å². The highest BCUT2D eigenvalue weighted by Gasteiger charge is 2.43. The molecule has 6 nitrogen and oxygen atoms in total. The molecule has 6 heteroatoms. The van der Waals surface area contributed by atoms with E-state index in [-0.39, 0.29) is 12.1 Å². The number of ether oxygens (including phenoxy) is 4. The molecule has 2 atom stereocenters. The van der Waals surface area contributed by atoms with E-state index in [4.69, 9.17) is 18.9 Å². The van der Waals surface area contributed by atoms with Crippen LogP contribution in [0.2, 0.25) is 0 Å². The molecule has 2 fully saturated rings. The van der Waals surface area contributed by atoms with E-state index in [9.17, 15) is 4.79 Å². The fourth-order valence-electron chi connectivity index (χ4n) is 4.04. The zero-order chi connectivity index (χ0) is 17.3. The Morgan fingerprint density at radius 1 is 1.00 bits per heavy atom. The van der Waals surface area contributed by atoms with Gasteiger partial charge in [-0.2, -0.15) is 0 Å². The molecule has 2 bridgehead atoms. The average Bonchev–Trinajstić information content (AvgIpc) is 2.81. The van der Waals surface area contributed by atoms with Gasteiger partial charge in [0.2, 0.25) is 5.75 Å². The van der Waals surface area contributed by atoms with Crippen LogP contribution in [-0.4, -0.2) is 52.5 Å². The summed E-state index contributed by atoms with van der Waals surface area (Å²) in [4.78, 5) is 14.2. The Labute approximate surface area is 142 Å². The molecule has 2 aliphatic rings. The molecule has 1 N–H and O–H groups in total. The highest BCUT2D eigenvalue weighted by atomic mass is 16.5. The fraction of sp³-hybridized carbons (Fsp3) is 0.611. The second-order valence-corrected chi connectivity index (χ2v) is 6.63. The summed E-state index contributed by atoms with van der Waals surface area (Å²) in [5, 5.41) is 0. The van der Waals surface area contributed by atoms with Crippen molar-refractivity contribution in [3.05, 3.63) is 17.7 Å². The van der Waals surface area contributed by atoms with Gasteiger partial charge in [-0.15, -0.1) is 0 Å². The van der Waals surface area contributed by atoms with Gasteiger partial charge in [0.1, 0.15) is 6.10 Å². The van der Waals surface area contributed by atoms with Crippen molar-refractivity contribution in [2.24, 2.45) is 0 Å². The van der Waals surface area contributed by atoms with Gasteiger partial charge < -0.3 is 23.8 Å². The third-order valence-corrected chi connectivity index (χ3v) is 5.42. The van der Waals surface area contributed by atoms with Crippen LogP contribution < -0.4 is 19.1 Å². The normalized spacial score (nSPS) is 28.3. The Balaban J connectivity index is 1.75. The molecule has 24 heavy (non-hydrogen) atoms. The van der Waals surface area contributed by atoms with Crippen LogP contribution in [0, 0.1) is 0 Å². The number of piperidine rings is 1. The van der Waals surface area contributed by atoms with Crippen LogP contribution in [0.3, 0.4) is 0 Å². The van der Waals surface area contributed by atoms with Crippen molar-refractivity contribution in [3.8, 4) is 17.2 Å². The zero-order valence-electron chi connectivity index (χ0n) is 14.8. The number of rotatable bonds is 5. The lowest BCUT2D eigenvalue weighted by Gasteiger charge is -2.33. The van der Waals surface area contributed by atoms with Gasteiger partial charge in [0.05, 0.1) is 46.0 Å². The topological polar surface area (TPSA) is 58.4 Å². The number of benzene rings is 1. The van der Waals surface area contributed by atoms with Crippen LogP contribution in [0.5, 0.6) is 17.2 Å². The zero-order valence-corrected chi connectivity index (χ0v) is 14.8. The van der Waals surface area contributed by atoms with Crippen LogP contribution in [-0.2, 0) is 4.74 Å². The summed E-state index contributed by atoms with van der Waals surface area (Å²) in [6, 6.07) is 4.50. The molecule has 2 unspecified atom stereocenters. The molecule has 3 rings (SSSR count). The van der Waals surface area contributed by atoms with Crippen molar-refractivity contribution in [2.75, 3.05) is 28.4 Å². The van der Waals surface area contributed by atoms with Gasteiger partial charge in [-0.25, -0.2) is 4.79 Å². The van der Waals surface area contributed by atoms with Crippen LogP contribution in [0.1, 0.15) is 36.0 Å². The lowest BCUT2D eigenvalue weighted by molar-refractivity contribution is -0.923. The molecule has 0 aliphatic carbocycles. The van der Waals surface area contributed by atoms with Crippen LogP contribution >= 0.6 is 0 Å². The summed E-state index contributed by atoms with van der Waals surface area (Å²) in [7, 11) is 6.85. The molecule has 1 aromatic carbocycles. The van der Waals surface area contributed by atoms with E-state index in [1.54, 1.807) is 17.0 Å². The molecule has 0 saturated carbocycles. The highest BCUT2D eigenvalue weighted by Crippen LogP contribution is 2.38. The number of carbonyl (C=O) groups is 1. The number of nitrogens with one attached hydrogen (secondary N) is 1. The minimum absolute atomic E-state index is 0.00204. The van der Waals surface area contributed by atoms with Crippen LogP contribution in [0.25, 0.3) is 0 Å². The second kappa shape index (κ2) is 6.89. The summed E-state index contributed by atoms with van der Waals surface area (Å²) in [6.07, 6.45) is 4.35. The first-order valence-electron chi connectivity index (χ1n) is 8.41. The largest absolute Gasteiger partial charge is 0.493 e. The molecule has 0 spiro atoms. The molecule has 2 saturated heterocycles. The first-order chi connectivity index (χ1) is 11.6. The van der Waals surface area contributed by atoms with Crippen molar-refractivity contribution < 1.29 is 28.6 Å². The van der Waals surface area contributed by atoms with Crippen molar-refractivity contribution >= 4 is 5.97 Å². The minimum Gasteiger partial charge on any atom is -0.493 e. The number of methoxy groups -OCH3 is 3. The molecule has 132 valence electrons. The predicted molar refractivity (Wildman–Crippen MR) is 88.2 cm³/mol. The molecule has 0 aromatic heterocycles. The van der Waals surface area contributed by atoms with Crippen molar-refractivity contribution in [3.63, 3.8) is 0 Å². The molecule has 2 aliphatic heterocycles. The standard InChI is InChI=1S/C18H25NO5/c1-19-12-5-6-13(19)10-14(9-12)24-18(20)11-7-15(21-2)17(23-4)16(8-11)22-3/h7-8,12-14H,5-6,9-10H2,1-4H3/p+1. The summed E-state index contributed by atoms with van der Waals surface area (Å²) < 4.78 is 21.7. The van der Waals surface area contributed by atoms with Gasteiger partial charge in [-0.3, -0.25) is 0 Å². The lowest BCUT2D eigenvalue weighted by atomic mass is 10.0. The van der Waals surface area contributed by atoms with E-state index in [1.807, 2.05) is 0 Å². The molecule has 1 aromatic rings. The van der Waals surface area contributed by atoms with Gasteiger partial charge in [0.25, 0.3) is 0 Å². The molecular weight excluding hydrogens is 310 g/mol. The van der Waals surface area contributed by atoms with Crippen LogP contribution in [0.15, 0.2) is 12.1 Å². The quantitative estimate of drug-likeness (QED) is 0.816. The molecule has 0 radical (unpaired) electrons. The Morgan fingerprint density at radius 2 is 1.54 bits per heavy atom. The smallest absolute Gasteiger partial charge is 0.338 e. The third-order valence-electron chi connectivity index (χ3n) is 5.42. The Kier molecular flexibility index (Phi) is 4.85.